The Morgan fingerprint density at radius 1 is 0.679 bits per heavy atom. The van der Waals surface area contributed by atoms with Crippen LogP contribution in [0.4, 0.5) is 0 Å². The quantitative estimate of drug-likeness (QED) is 0.338. The van der Waals surface area contributed by atoms with Crippen LogP contribution in [-0.2, 0) is 22.4 Å². The molecule has 2 heteroatoms. The average Bonchev–Trinajstić information content (AvgIpc) is 3.58. The Kier molecular flexibility index (Phi) is 7.12. The van der Waals surface area contributed by atoms with E-state index in [-0.39, 0.29) is 10.8 Å². The van der Waals surface area contributed by atoms with Crippen molar-refractivity contribution in [1.82, 2.24) is 0 Å². The molecule has 0 bridgehead atoms. The van der Waals surface area contributed by atoms with Crippen molar-refractivity contribution in [2.45, 2.75) is 104 Å². The van der Waals surface area contributed by atoms with Gasteiger partial charge in [-0.05, 0) is 89.2 Å². The van der Waals surface area contributed by atoms with Crippen molar-refractivity contribution in [2.75, 3.05) is 0 Å². The highest BCUT2D eigenvalue weighted by Gasteiger charge is 2.46. The van der Waals surface area contributed by atoms with Gasteiger partial charge in [0.25, 0.3) is 0 Å². The Labute approximate surface area is 171 Å². The average molecular weight is 383 g/mol. The Hall–Kier alpha value is -1.44. The van der Waals surface area contributed by atoms with E-state index in [4.69, 9.17) is 0 Å². The van der Waals surface area contributed by atoms with E-state index < -0.39 is 0 Å². The van der Waals surface area contributed by atoms with Crippen LogP contribution in [0, 0.1) is 10.8 Å². The molecule has 2 aliphatic rings. The summed E-state index contributed by atoms with van der Waals surface area (Å²) in [6.07, 6.45) is 16.3. The smallest absolute Gasteiger partial charge is 0.135 e. The van der Waals surface area contributed by atoms with Gasteiger partial charge in [-0.2, -0.15) is 0 Å². The molecule has 0 saturated heterocycles. The second kappa shape index (κ2) is 9.37. The van der Waals surface area contributed by atoms with E-state index in [9.17, 15) is 9.59 Å². The van der Waals surface area contributed by atoms with Crippen molar-refractivity contribution < 1.29 is 9.59 Å². The van der Waals surface area contributed by atoms with Crippen LogP contribution in [0.2, 0.25) is 0 Å². The summed E-state index contributed by atoms with van der Waals surface area (Å²) in [6.45, 7) is 3.54. The predicted octanol–water partition coefficient (Wildman–Crippen LogP) is 6.63. The lowest BCUT2D eigenvalue weighted by molar-refractivity contribution is -0.123. The summed E-state index contributed by atoms with van der Waals surface area (Å²) in [5.41, 5.74) is 3.19. The normalized spacial score (nSPS) is 18.6. The Morgan fingerprint density at radius 3 is 1.39 bits per heavy atom. The number of rotatable bonds is 14. The molecule has 0 amide bonds. The molecule has 0 unspecified atom stereocenters. The lowest BCUT2D eigenvalue weighted by atomic mass is 9.92. The molecule has 0 heterocycles. The molecule has 3 rings (SSSR count). The van der Waals surface area contributed by atoms with Gasteiger partial charge < -0.3 is 0 Å². The summed E-state index contributed by atoms with van der Waals surface area (Å²) in [5, 5.41) is 0. The summed E-state index contributed by atoms with van der Waals surface area (Å²) in [7, 11) is 0. The first kappa shape index (κ1) is 21.3. The number of unbranched alkanes of at least 4 members (excludes halogenated alkanes) is 4. The zero-order valence-corrected chi connectivity index (χ0v) is 18.0. The van der Waals surface area contributed by atoms with Crippen molar-refractivity contribution in [3.8, 4) is 0 Å². The third-order valence-electron chi connectivity index (χ3n) is 7.52. The molecule has 0 atom stereocenters. The fourth-order valence-corrected chi connectivity index (χ4v) is 4.81. The zero-order chi connectivity index (χ0) is 20.0. The van der Waals surface area contributed by atoms with Crippen molar-refractivity contribution >= 4 is 11.6 Å². The van der Waals surface area contributed by atoms with Crippen molar-refractivity contribution in [2.24, 2.45) is 10.8 Å². The van der Waals surface area contributed by atoms with Gasteiger partial charge in [0.2, 0.25) is 0 Å². The lowest BCUT2D eigenvalue weighted by Gasteiger charge is -2.13. The minimum Gasteiger partial charge on any atom is -0.299 e. The predicted molar refractivity (Wildman–Crippen MR) is 115 cm³/mol. The minimum absolute atomic E-state index is 0.0827. The van der Waals surface area contributed by atoms with Gasteiger partial charge in [0.15, 0.2) is 0 Å². The Morgan fingerprint density at radius 2 is 1.07 bits per heavy atom. The second-order valence-corrected chi connectivity index (χ2v) is 9.56. The van der Waals surface area contributed by atoms with E-state index in [0.717, 1.165) is 51.4 Å². The molecule has 2 nitrogen and oxygen atoms in total. The summed E-state index contributed by atoms with van der Waals surface area (Å²) >= 11 is 0. The van der Waals surface area contributed by atoms with Gasteiger partial charge >= 0.3 is 0 Å². The molecule has 0 spiro atoms. The molecule has 154 valence electrons. The Bertz CT molecular complexity index is 620. The zero-order valence-electron chi connectivity index (χ0n) is 18.0. The number of aryl methyl sites for hydroxylation is 2. The molecule has 2 aliphatic carbocycles. The van der Waals surface area contributed by atoms with Gasteiger partial charge in [-0.3, -0.25) is 9.59 Å². The van der Waals surface area contributed by atoms with Crippen LogP contribution in [0.15, 0.2) is 24.3 Å². The minimum atomic E-state index is 0.0827. The first-order chi connectivity index (χ1) is 13.5. The summed E-state index contributed by atoms with van der Waals surface area (Å²) in [6, 6.07) is 8.92. The number of carbonyl (C=O) groups excluding carboxylic acids is 2. The van der Waals surface area contributed by atoms with Crippen LogP contribution in [0.3, 0.4) is 0 Å². The number of hydrogen-bond donors (Lipinski definition) is 0. The molecular weight excluding hydrogens is 344 g/mol. The summed E-state index contributed by atoms with van der Waals surface area (Å²) in [5.74, 6) is 0.822. The van der Waals surface area contributed by atoms with Gasteiger partial charge in [-0.1, -0.05) is 49.9 Å². The monoisotopic (exact) mass is 382 g/mol. The summed E-state index contributed by atoms with van der Waals surface area (Å²) < 4.78 is 0. The van der Waals surface area contributed by atoms with Gasteiger partial charge in [-0.25, -0.2) is 0 Å². The molecule has 0 aromatic heterocycles. The standard InChI is InChI=1S/C26H38O2/c1-21(27)25(17-18-25)15-9-3-5-11-23-13-7-8-14-24(23)12-6-4-10-16-26(19-20-26)22(2)28/h7-8,13-14H,3-6,9-12,15-20H2,1-2H3. The highest BCUT2D eigenvalue weighted by atomic mass is 16.1. The van der Waals surface area contributed by atoms with E-state index >= 15 is 0 Å². The summed E-state index contributed by atoms with van der Waals surface area (Å²) in [4.78, 5) is 23.4. The van der Waals surface area contributed by atoms with Crippen molar-refractivity contribution in [1.29, 1.82) is 0 Å². The third-order valence-corrected chi connectivity index (χ3v) is 7.52. The van der Waals surface area contributed by atoms with Gasteiger partial charge in [-0.15, -0.1) is 0 Å². The maximum atomic E-state index is 11.7. The number of benzene rings is 1. The van der Waals surface area contributed by atoms with E-state index in [2.05, 4.69) is 24.3 Å². The number of carbonyl (C=O) groups is 2. The molecule has 1 aromatic carbocycles. The topological polar surface area (TPSA) is 34.1 Å². The highest BCUT2D eigenvalue weighted by molar-refractivity contribution is 5.85. The van der Waals surface area contributed by atoms with Crippen LogP contribution < -0.4 is 0 Å². The van der Waals surface area contributed by atoms with Crippen LogP contribution in [0.25, 0.3) is 0 Å². The number of ketones is 2. The first-order valence-electron chi connectivity index (χ1n) is 11.6. The van der Waals surface area contributed by atoms with Crippen LogP contribution in [0.1, 0.15) is 102 Å². The molecule has 0 N–H and O–H groups in total. The first-order valence-corrected chi connectivity index (χ1v) is 11.6. The van der Waals surface area contributed by atoms with Crippen LogP contribution in [0.5, 0.6) is 0 Å². The van der Waals surface area contributed by atoms with E-state index in [1.54, 1.807) is 13.8 Å². The molecule has 2 saturated carbocycles. The fourth-order valence-electron chi connectivity index (χ4n) is 4.81. The molecular formula is C26H38O2. The van der Waals surface area contributed by atoms with Crippen molar-refractivity contribution in [3.05, 3.63) is 35.4 Å². The lowest BCUT2D eigenvalue weighted by Crippen LogP contribution is -2.11. The molecule has 28 heavy (non-hydrogen) atoms. The molecule has 1 aromatic rings. The largest absolute Gasteiger partial charge is 0.299 e. The van der Waals surface area contributed by atoms with Crippen LogP contribution in [-0.4, -0.2) is 11.6 Å². The van der Waals surface area contributed by atoms with Gasteiger partial charge in [0.05, 0.1) is 0 Å². The third kappa shape index (κ3) is 5.55. The van der Waals surface area contributed by atoms with E-state index in [1.807, 2.05) is 0 Å². The molecule has 0 aliphatic heterocycles. The van der Waals surface area contributed by atoms with Crippen molar-refractivity contribution in [3.63, 3.8) is 0 Å². The second-order valence-electron chi connectivity index (χ2n) is 9.56. The van der Waals surface area contributed by atoms with Gasteiger partial charge in [0, 0.05) is 10.8 Å². The van der Waals surface area contributed by atoms with E-state index in [1.165, 1.54) is 49.7 Å². The van der Waals surface area contributed by atoms with Crippen LogP contribution >= 0.6 is 0 Å². The number of Topliss-reactive ketones (excluding diaryl/α,β-unsaturated/α-hetero) is 2. The fraction of sp³-hybridized carbons (Fsp3) is 0.692. The maximum Gasteiger partial charge on any atom is 0.135 e. The SMILES string of the molecule is CC(=O)C1(CCCCCc2ccccc2CCCCCC2(C(C)=O)CC2)CC1. The number of hydrogen-bond acceptors (Lipinski definition) is 2. The van der Waals surface area contributed by atoms with Gasteiger partial charge in [0.1, 0.15) is 11.6 Å². The molecule has 0 radical (unpaired) electrons. The maximum absolute atomic E-state index is 11.7. The molecule has 2 fully saturated rings. The highest BCUT2D eigenvalue weighted by Crippen LogP contribution is 2.51. The Balaban J connectivity index is 1.32. The van der Waals surface area contributed by atoms with E-state index in [0.29, 0.717) is 11.6 Å².